The Hall–Kier alpha value is -0.390. The standard InChI is InChI=1S/C10H17F5O/c11-6-4-2-1-3-5-7(12)8(13)9(14)10(15)16/h7-10,16H,1-6H2. The number of unbranched alkanes of at least 4 members (excludes halogenated alkanes) is 3. The molecule has 0 aliphatic rings. The summed E-state index contributed by atoms with van der Waals surface area (Å²) >= 11 is 0. The Morgan fingerprint density at radius 3 is 1.88 bits per heavy atom. The summed E-state index contributed by atoms with van der Waals surface area (Å²) in [4.78, 5) is 0. The lowest BCUT2D eigenvalue weighted by atomic mass is 10.0. The van der Waals surface area contributed by atoms with E-state index in [0.717, 1.165) is 0 Å². The van der Waals surface area contributed by atoms with Gasteiger partial charge in [0.15, 0.2) is 12.3 Å². The molecule has 6 heteroatoms. The monoisotopic (exact) mass is 248 g/mol. The summed E-state index contributed by atoms with van der Waals surface area (Å²) in [6.07, 6.45) is -9.15. The summed E-state index contributed by atoms with van der Waals surface area (Å²) in [5.41, 5.74) is 0. The van der Waals surface area contributed by atoms with Crippen LogP contribution in [0.15, 0.2) is 0 Å². The minimum Gasteiger partial charge on any atom is -0.362 e. The van der Waals surface area contributed by atoms with Gasteiger partial charge in [-0.15, -0.1) is 0 Å². The zero-order valence-electron chi connectivity index (χ0n) is 8.89. The molecule has 0 heterocycles. The minimum absolute atomic E-state index is 0.249. The molecule has 0 radical (unpaired) electrons. The molecule has 4 atom stereocenters. The fourth-order valence-electron chi connectivity index (χ4n) is 1.30. The molecular formula is C10H17F5O. The van der Waals surface area contributed by atoms with Gasteiger partial charge in [-0.1, -0.05) is 19.3 Å². The topological polar surface area (TPSA) is 20.2 Å². The first-order valence-corrected chi connectivity index (χ1v) is 5.31. The molecule has 0 saturated carbocycles. The van der Waals surface area contributed by atoms with Crippen LogP contribution in [-0.4, -0.2) is 36.7 Å². The van der Waals surface area contributed by atoms with Crippen molar-refractivity contribution in [2.75, 3.05) is 6.67 Å². The first kappa shape index (κ1) is 15.6. The van der Waals surface area contributed by atoms with Gasteiger partial charge in [0.1, 0.15) is 6.17 Å². The number of halogens is 5. The molecule has 98 valence electrons. The Morgan fingerprint density at radius 2 is 1.38 bits per heavy atom. The van der Waals surface area contributed by atoms with Crippen molar-refractivity contribution in [3.8, 4) is 0 Å². The normalized spacial score (nSPS) is 19.1. The summed E-state index contributed by atoms with van der Waals surface area (Å²) in [6.45, 7) is -0.453. The quantitative estimate of drug-likeness (QED) is 0.490. The molecule has 16 heavy (non-hydrogen) atoms. The summed E-state index contributed by atoms with van der Waals surface area (Å²) in [6, 6.07) is 0. The average Bonchev–Trinajstić information content (AvgIpc) is 2.26. The van der Waals surface area contributed by atoms with Crippen molar-refractivity contribution in [1.82, 2.24) is 0 Å². The first-order chi connectivity index (χ1) is 7.50. The van der Waals surface area contributed by atoms with Crippen molar-refractivity contribution in [3.63, 3.8) is 0 Å². The molecule has 0 amide bonds. The van der Waals surface area contributed by atoms with Crippen LogP contribution in [0.3, 0.4) is 0 Å². The van der Waals surface area contributed by atoms with Crippen LogP contribution in [0.2, 0.25) is 0 Å². The maximum Gasteiger partial charge on any atom is 0.231 e. The second-order valence-electron chi connectivity index (χ2n) is 3.67. The third-order valence-corrected chi connectivity index (χ3v) is 2.28. The lowest BCUT2D eigenvalue weighted by Crippen LogP contribution is -2.34. The molecule has 4 unspecified atom stereocenters. The van der Waals surface area contributed by atoms with E-state index in [0.29, 0.717) is 19.3 Å². The fraction of sp³-hybridized carbons (Fsp3) is 1.00. The van der Waals surface area contributed by atoms with Gasteiger partial charge in [0, 0.05) is 0 Å². The molecule has 0 bridgehead atoms. The highest BCUT2D eigenvalue weighted by Gasteiger charge is 2.34. The van der Waals surface area contributed by atoms with Gasteiger partial charge in [0.2, 0.25) is 6.36 Å². The van der Waals surface area contributed by atoms with Crippen LogP contribution >= 0.6 is 0 Å². The fourth-order valence-corrected chi connectivity index (χ4v) is 1.30. The Balaban J connectivity index is 3.66. The van der Waals surface area contributed by atoms with Crippen LogP contribution in [0.5, 0.6) is 0 Å². The summed E-state index contributed by atoms with van der Waals surface area (Å²) in [7, 11) is 0. The van der Waals surface area contributed by atoms with E-state index in [1.54, 1.807) is 0 Å². The summed E-state index contributed by atoms with van der Waals surface area (Å²) < 4.78 is 61.8. The van der Waals surface area contributed by atoms with E-state index >= 15 is 0 Å². The van der Waals surface area contributed by atoms with Gasteiger partial charge in [0.05, 0.1) is 6.67 Å². The van der Waals surface area contributed by atoms with Crippen molar-refractivity contribution in [2.45, 2.75) is 57.0 Å². The highest BCUT2D eigenvalue weighted by Crippen LogP contribution is 2.20. The number of aliphatic hydroxyl groups excluding tert-OH is 1. The van der Waals surface area contributed by atoms with Gasteiger partial charge in [-0.05, 0) is 12.8 Å². The Morgan fingerprint density at radius 1 is 0.812 bits per heavy atom. The molecule has 0 rings (SSSR count). The number of alkyl halides is 5. The number of aliphatic hydroxyl groups is 1. The molecular weight excluding hydrogens is 231 g/mol. The number of rotatable bonds is 9. The average molecular weight is 248 g/mol. The zero-order valence-corrected chi connectivity index (χ0v) is 8.89. The van der Waals surface area contributed by atoms with Gasteiger partial charge in [0.25, 0.3) is 0 Å². The second-order valence-corrected chi connectivity index (χ2v) is 3.67. The predicted octanol–water partition coefficient (Wildman–Crippen LogP) is 3.21. The molecule has 1 N–H and O–H groups in total. The van der Waals surface area contributed by atoms with Gasteiger partial charge in [-0.3, -0.25) is 4.39 Å². The maximum atomic E-state index is 12.9. The van der Waals surface area contributed by atoms with Crippen LogP contribution in [0.1, 0.15) is 32.1 Å². The van der Waals surface area contributed by atoms with E-state index in [1.165, 1.54) is 0 Å². The van der Waals surface area contributed by atoms with Crippen molar-refractivity contribution >= 4 is 0 Å². The van der Waals surface area contributed by atoms with Gasteiger partial charge < -0.3 is 5.11 Å². The maximum absolute atomic E-state index is 12.9. The molecule has 0 fully saturated rings. The number of hydrogen-bond donors (Lipinski definition) is 1. The molecule has 0 aliphatic heterocycles. The first-order valence-electron chi connectivity index (χ1n) is 5.31. The van der Waals surface area contributed by atoms with Crippen molar-refractivity contribution < 1.29 is 27.1 Å². The van der Waals surface area contributed by atoms with Crippen LogP contribution in [-0.2, 0) is 0 Å². The van der Waals surface area contributed by atoms with Crippen molar-refractivity contribution in [1.29, 1.82) is 0 Å². The van der Waals surface area contributed by atoms with E-state index in [9.17, 15) is 22.0 Å². The van der Waals surface area contributed by atoms with E-state index in [4.69, 9.17) is 5.11 Å². The Bertz CT molecular complexity index is 167. The largest absolute Gasteiger partial charge is 0.362 e. The predicted molar refractivity (Wildman–Crippen MR) is 50.9 cm³/mol. The third-order valence-electron chi connectivity index (χ3n) is 2.28. The SMILES string of the molecule is OC(F)C(F)C(F)C(F)CCCCCCF. The molecule has 0 aromatic rings. The Kier molecular flexibility index (Phi) is 8.51. The lowest BCUT2D eigenvalue weighted by Gasteiger charge is -2.17. The lowest BCUT2D eigenvalue weighted by molar-refractivity contribution is -0.0734. The van der Waals surface area contributed by atoms with E-state index in [2.05, 4.69) is 0 Å². The zero-order chi connectivity index (χ0) is 12.6. The smallest absolute Gasteiger partial charge is 0.231 e. The van der Waals surface area contributed by atoms with Crippen LogP contribution in [0.25, 0.3) is 0 Å². The summed E-state index contributed by atoms with van der Waals surface area (Å²) in [5, 5.41) is 8.09. The second kappa shape index (κ2) is 8.73. The van der Waals surface area contributed by atoms with Crippen LogP contribution < -0.4 is 0 Å². The Labute approximate surface area is 91.6 Å². The molecule has 0 saturated heterocycles. The van der Waals surface area contributed by atoms with Gasteiger partial charge >= 0.3 is 0 Å². The van der Waals surface area contributed by atoms with Gasteiger partial charge in [-0.25, -0.2) is 17.6 Å². The molecule has 0 aliphatic carbocycles. The molecule has 0 aromatic heterocycles. The minimum atomic E-state index is -3.00. The van der Waals surface area contributed by atoms with Gasteiger partial charge in [-0.2, -0.15) is 0 Å². The highest BCUT2D eigenvalue weighted by atomic mass is 19.2. The van der Waals surface area contributed by atoms with Crippen molar-refractivity contribution in [3.05, 3.63) is 0 Å². The number of hydrogen-bond acceptors (Lipinski definition) is 1. The summed E-state index contributed by atoms with van der Waals surface area (Å²) in [5.74, 6) is 0. The van der Waals surface area contributed by atoms with E-state index < -0.39 is 31.5 Å². The van der Waals surface area contributed by atoms with Crippen LogP contribution in [0, 0.1) is 0 Å². The van der Waals surface area contributed by atoms with E-state index in [1.807, 2.05) is 0 Å². The highest BCUT2D eigenvalue weighted by molar-refractivity contribution is 4.77. The van der Waals surface area contributed by atoms with Crippen LogP contribution in [0.4, 0.5) is 22.0 Å². The molecule has 0 spiro atoms. The van der Waals surface area contributed by atoms with Crippen molar-refractivity contribution in [2.24, 2.45) is 0 Å². The molecule has 1 nitrogen and oxygen atoms in total. The molecule has 0 aromatic carbocycles. The third kappa shape index (κ3) is 6.25. The van der Waals surface area contributed by atoms with E-state index in [-0.39, 0.29) is 12.8 Å².